The average Bonchev–Trinajstić information content (AvgIpc) is 3.20. The molecule has 0 atom stereocenters. The van der Waals surface area contributed by atoms with E-state index in [1.54, 1.807) is 4.90 Å². The SMILES string of the molecule is Cl.NCCC(=O)N(Cc1ccc(C(F)(F)F)cc1)C1CC1. The van der Waals surface area contributed by atoms with E-state index in [0.29, 0.717) is 12.1 Å². The lowest BCUT2D eigenvalue weighted by atomic mass is 10.1. The Balaban J connectivity index is 0.00000220. The van der Waals surface area contributed by atoms with Crippen molar-refractivity contribution in [3.05, 3.63) is 35.4 Å². The van der Waals surface area contributed by atoms with Crippen LogP contribution in [0.4, 0.5) is 13.2 Å². The molecule has 1 aliphatic carbocycles. The second-order valence-electron chi connectivity index (χ2n) is 4.99. The summed E-state index contributed by atoms with van der Waals surface area (Å²) in [5, 5.41) is 0. The Bertz CT molecular complexity index is 472. The van der Waals surface area contributed by atoms with E-state index in [1.807, 2.05) is 0 Å². The molecule has 1 aromatic carbocycles. The van der Waals surface area contributed by atoms with Gasteiger partial charge in [0.25, 0.3) is 0 Å². The van der Waals surface area contributed by atoms with E-state index >= 15 is 0 Å². The van der Waals surface area contributed by atoms with Crippen LogP contribution in [0, 0.1) is 0 Å². The van der Waals surface area contributed by atoms with Gasteiger partial charge in [-0.15, -0.1) is 12.4 Å². The van der Waals surface area contributed by atoms with Crippen molar-refractivity contribution in [1.82, 2.24) is 4.90 Å². The topological polar surface area (TPSA) is 46.3 Å². The molecule has 3 nitrogen and oxygen atoms in total. The summed E-state index contributed by atoms with van der Waals surface area (Å²) in [5.74, 6) is -0.0325. The molecular formula is C14H18ClF3N2O. The third-order valence-electron chi connectivity index (χ3n) is 3.30. The van der Waals surface area contributed by atoms with Crippen LogP contribution in [0.15, 0.2) is 24.3 Å². The maximum absolute atomic E-state index is 12.5. The molecule has 2 rings (SSSR count). The van der Waals surface area contributed by atoms with Crippen molar-refractivity contribution < 1.29 is 18.0 Å². The Kier molecular flexibility index (Phi) is 6.04. The summed E-state index contributed by atoms with van der Waals surface area (Å²) in [6.45, 7) is 0.636. The van der Waals surface area contributed by atoms with Crippen molar-refractivity contribution in [2.75, 3.05) is 6.54 Å². The Morgan fingerprint density at radius 3 is 2.24 bits per heavy atom. The summed E-state index contributed by atoms with van der Waals surface area (Å²) >= 11 is 0. The van der Waals surface area contributed by atoms with Gasteiger partial charge in [-0.05, 0) is 30.5 Å². The van der Waals surface area contributed by atoms with E-state index in [4.69, 9.17) is 5.73 Å². The lowest BCUT2D eigenvalue weighted by Crippen LogP contribution is -2.33. The monoisotopic (exact) mass is 322 g/mol. The largest absolute Gasteiger partial charge is 0.416 e. The Labute approximate surface area is 127 Å². The van der Waals surface area contributed by atoms with Gasteiger partial charge in [-0.3, -0.25) is 4.79 Å². The van der Waals surface area contributed by atoms with Crippen LogP contribution in [0.3, 0.4) is 0 Å². The van der Waals surface area contributed by atoms with E-state index < -0.39 is 11.7 Å². The highest BCUT2D eigenvalue weighted by Crippen LogP contribution is 2.31. The van der Waals surface area contributed by atoms with E-state index in [1.165, 1.54) is 12.1 Å². The first-order valence-electron chi connectivity index (χ1n) is 6.57. The first-order valence-corrected chi connectivity index (χ1v) is 6.57. The Morgan fingerprint density at radius 2 is 1.81 bits per heavy atom. The van der Waals surface area contributed by atoms with Gasteiger partial charge in [0.05, 0.1) is 5.56 Å². The molecule has 0 bridgehead atoms. The lowest BCUT2D eigenvalue weighted by Gasteiger charge is -2.22. The summed E-state index contributed by atoms with van der Waals surface area (Å²) in [6, 6.07) is 5.17. The number of amides is 1. The van der Waals surface area contributed by atoms with Crippen molar-refractivity contribution in [2.24, 2.45) is 5.73 Å². The number of halogens is 4. The number of alkyl halides is 3. The van der Waals surface area contributed by atoms with E-state index in [0.717, 1.165) is 25.0 Å². The van der Waals surface area contributed by atoms with Crippen LogP contribution >= 0.6 is 12.4 Å². The smallest absolute Gasteiger partial charge is 0.335 e. The summed E-state index contributed by atoms with van der Waals surface area (Å²) in [6.07, 6.45) is -2.14. The zero-order chi connectivity index (χ0) is 14.8. The third-order valence-corrected chi connectivity index (χ3v) is 3.30. The molecule has 0 saturated heterocycles. The number of carbonyl (C=O) groups excluding carboxylic acids is 1. The quantitative estimate of drug-likeness (QED) is 0.906. The number of nitrogens with two attached hydrogens (primary N) is 1. The normalized spacial score (nSPS) is 14.5. The first-order chi connectivity index (χ1) is 9.41. The molecule has 1 fully saturated rings. The third kappa shape index (κ3) is 4.89. The molecule has 0 heterocycles. The van der Waals surface area contributed by atoms with Crippen LogP contribution in [0.5, 0.6) is 0 Å². The summed E-state index contributed by atoms with van der Waals surface area (Å²) < 4.78 is 37.4. The molecule has 0 radical (unpaired) electrons. The minimum Gasteiger partial charge on any atom is -0.335 e. The standard InChI is InChI=1S/C14H17F3N2O.ClH/c15-14(16,17)11-3-1-10(2-4-11)9-19(12-5-6-12)13(20)7-8-18;/h1-4,12H,5-9,18H2;1H. The van der Waals surface area contributed by atoms with Gasteiger partial charge in [0.15, 0.2) is 0 Å². The number of carbonyl (C=O) groups is 1. The average molecular weight is 323 g/mol. The highest BCUT2D eigenvalue weighted by molar-refractivity contribution is 5.85. The second kappa shape index (κ2) is 7.13. The maximum atomic E-state index is 12.5. The zero-order valence-electron chi connectivity index (χ0n) is 11.4. The van der Waals surface area contributed by atoms with Crippen LogP contribution in [-0.4, -0.2) is 23.4 Å². The molecule has 1 amide bonds. The number of hydrogen-bond donors (Lipinski definition) is 1. The molecular weight excluding hydrogens is 305 g/mol. The van der Waals surface area contributed by atoms with Crippen LogP contribution in [0.1, 0.15) is 30.4 Å². The minimum atomic E-state index is -4.33. The zero-order valence-corrected chi connectivity index (χ0v) is 12.2. The molecule has 0 aliphatic heterocycles. The molecule has 0 spiro atoms. The lowest BCUT2D eigenvalue weighted by molar-refractivity contribution is -0.137. The summed E-state index contributed by atoms with van der Waals surface area (Å²) in [7, 11) is 0. The number of rotatable bonds is 5. The molecule has 0 aromatic heterocycles. The van der Waals surface area contributed by atoms with Crippen molar-refractivity contribution in [3.8, 4) is 0 Å². The Hall–Kier alpha value is -1.27. The summed E-state index contributed by atoms with van der Waals surface area (Å²) in [5.41, 5.74) is 5.41. The van der Waals surface area contributed by atoms with Gasteiger partial charge in [-0.2, -0.15) is 13.2 Å². The van der Waals surface area contributed by atoms with Gasteiger partial charge in [0, 0.05) is 25.6 Å². The molecule has 118 valence electrons. The van der Waals surface area contributed by atoms with Crippen molar-refractivity contribution in [3.63, 3.8) is 0 Å². The predicted octanol–water partition coefficient (Wildman–Crippen LogP) is 2.97. The van der Waals surface area contributed by atoms with E-state index in [2.05, 4.69) is 0 Å². The molecule has 2 N–H and O–H groups in total. The number of benzene rings is 1. The highest BCUT2D eigenvalue weighted by atomic mass is 35.5. The van der Waals surface area contributed by atoms with Crippen LogP contribution in [0.25, 0.3) is 0 Å². The number of nitrogens with zero attached hydrogens (tertiary/aromatic N) is 1. The number of hydrogen-bond acceptors (Lipinski definition) is 2. The van der Waals surface area contributed by atoms with Crippen LogP contribution in [-0.2, 0) is 17.5 Å². The van der Waals surface area contributed by atoms with Gasteiger partial charge in [0.1, 0.15) is 0 Å². The van der Waals surface area contributed by atoms with Crippen LogP contribution < -0.4 is 5.73 Å². The van der Waals surface area contributed by atoms with Gasteiger partial charge >= 0.3 is 6.18 Å². The highest BCUT2D eigenvalue weighted by Gasteiger charge is 2.33. The molecule has 7 heteroatoms. The van der Waals surface area contributed by atoms with Gasteiger partial charge in [0.2, 0.25) is 5.91 Å². The second-order valence-corrected chi connectivity index (χ2v) is 4.99. The molecule has 0 unspecified atom stereocenters. The van der Waals surface area contributed by atoms with Crippen molar-refractivity contribution in [1.29, 1.82) is 0 Å². The predicted molar refractivity (Wildman–Crippen MR) is 75.9 cm³/mol. The fraction of sp³-hybridized carbons (Fsp3) is 0.500. The molecule has 1 aliphatic rings. The minimum absolute atomic E-state index is 0. The Morgan fingerprint density at radius 1 is 1.24 bits per heavy atom. The first kappa shape index (κ1) is 17.8. The van der Waals surface area contributed by atoms with Gasteiger partial charge in [-0.1, -0.05) is 12.1 Å². The molecule has 21 heavy (non-hydrogen) atoms. The molecule has 1 aromatic rings. The fourth-order valence-electron chi connectivity index (χ4n) is 2.07. The molecule has 1 saturated carbocycles. The van der Waals surface area contributed by atoms with Gasteiger partial charge in [-0.25, -0.2) is 0 Å². The van der Waals surface area contributed by atoms with E-state index in [9.17, 15) is 18.0 Å². The van der Waals surface area contributed by atoms with Gasteiger partial charge < -0.3 is 10.6 Å². The van der Waals surface area contributed by atoms with Crippen LogP contribution in [0.2, 0.25) is 0 Å². The van der Waals surface area contributed by atoms with E-state index in [-0.39, 0.29) is 37.3 Å². The van der Waals surface area contributed by atoms with Crippen molar-refractivity contribution >= 4 is 18.3 Å². The summed E-state index contributed by atoms with van der Waals surface area (Å²) in [4.78, 5) is 13.6. The van der Waals surface area contributed by atoms with Crippen molar-refractivity contribution in [2.45, 2.75) is 38.0 Å². The fourth-order valence-corrected chi connectivity index (χ4v) is 2.07. The maximum Gasteiger partial charge on any atom is 0.416 e.